The molecule has 0 amide bonds. The van der Waals surface area contributed by atoms with Crippen LogP contribution in [0.5, 0.6) is 0 Å². The van der Waals surface area contributed by atoms with Gasteiger partial charge in [0.1, 0.15) is 5.03 Å². The Kier molecular flexibility index (Phi) is 5.71. The zero-order chi connectivity index (χ0) is 9.68. The van der Waals surface area contributed by atoms with E-state index in [9.17, 15) is 0 Å². The highest BCUT2D eigenvalue weighted by molar-refractivity contribution is 9.11. The van der Waals surface area contributed by atoms with Gasteiger partial charge in [0.15, 0.2) is 0 Å². The standard InChI is InChI=1S/C8H8Br2ClNS/c9-6-4-7(10)8(12-5-6)13-3-1-2-11/h4-5H,1-3H2. The van der Waals surface area contributed by atoms with Crippen molar-refractivity contribution in [2.75, 3.05) is 11.6 Å². The van der Waals surface area contributed by atoms with E-state index in [2.05, 4.69) is 36.8 Å². The minimum atomic E-state index is 0.709. The van der Waals surface area contributed by atoms with E-state index in [-0.39, 0.29) is 0 Å². The van der Waals surface area contributed by atoms with E-state index in [1.54, 1.807) is 18.0 Å². The van der Waals surface area contributed by atoms with Crippen molar-refractivity contribution in [3.63, 3.8) is 0 Å². The summed E-state index contributed by atoms with van der Waals surface area (Å²) in [6.07, 6.45) is 2.81. The van der Waals surface area contributed by atoms with Gasteiger partial charge in [-0.1, -0.05) is 0 Å². The van der Waals surface area contributed by atoms with Crippen LogP contribution in [0.2, 0.25) is 0 Å². The molecule has 1 aromatic rings. The minimum absolute atomic E-state index is 0.709. The lowest BCUT2D eigenvalue weighted by Crippen LogP contribution is -1.85. The molecule has 0 spiro atoms. The van der Waals surface area contributed by atoms with Crippen LogP contribution in [0, 0.1) is 0 Å². The van der Waals surface area contributed by atoms with E-state index >= 15 is 0 Å². The lowest BCUT2D eigenvalue weighted by Gasteiger charge is -2.02. The van der Waals surface area contributed by atoms with E-state index in [1.165, 1.54) is 0 Å². The number of thioether (sulfide) groups is 1. The maximum atomic E-state index is 5.58. The number of rotatable bonds is 4. The molecule has 0 fully saturated rings. The van der Waals surface area contributed by atoms with E-state index in [0.29, 0.717) is 5.88 Å². The number of hydrogen-bond donors (Lipinski definition) is 0. The SMILES string of the molecule is ClCCCSc1ncc(Br)cc1Br. The Balaban J connectivity index is 2.56. The van der Waals surface area contributed by atoms with Crippen LogP contribution in [0.15, 0.2) is 26.2 Å². The molecule has 13 heavy (non-hydrogen) atoms. The molecule has 1 aromatic heterocycles. The minimum Gasteiger partial charge on any atom is -0.248 e. The molecule has 0 saturated carbocycles. The molecule has 0 unspecified atom stereocenters. The third-order valence-corrected chi connectivity index (χ3v) is 3.95. The Hall–Kier alpha value is 0.750. The zero-order valence-electron chi connectivity index (χ0n) is 6.77. The molecule has 0 saturated heterocycles. The maximum Gasteiger partial charge on any atom is 0.110 e. The summed E-state index contributed by atoms with van der Waals surface area (Å²) in [5, 5.41) is 1.02. The van der Waals surface area contributed by atoms with Gasteiger partial charge in [-0.15, -0.1) is 23.4 Å². The lowest BCUT2D eigenvalue weighted by atomic mass is 10.5. The van der Waals surface area contributed by atoms with Crippen molar-refractivity contribution in [2.24, 2.45) is 0 Å². The van der Waals surface area contributed by atoms with Gasteiger partial charge in [-0.2, -0.15) is 0 Å². The molecular weight excluding hydrogens is 337 g/mol. The van der Waals surface area contributed by atoms with Gasteiger partial charge >= 0.3 is 0 Å². The molecule has 0 aromatic carbocycles. The van der Waals surface area contributed by atoms with Gasteiger partial charge in [-0.3, -0.25) is 0 Å². The van der Waals surface area contributed by atoms with Crippen molar-refractivity contribution >= 4 is 55.2 Å². The topological polar surface area (TPSA) is 12.9 Å². The van der Waals surface area contributed by atoms with Crippen LogP contribution in [0.1, 0.15) is 6.42 Å². The molecule has 0 bridgehead atoms. The summed E-state index contributed by atoms with van der Waals surface area (Å²) in [5.41, 5.74) is 0. The summed E-state index contributed by atoms with van der Waals surface area (Å²) in [7, 11) is 0. The quantitative estimate of drug-likeness (QED) is 0.458. The normalized spacial score (nSPS) is 10.4. The second-order valence-electron chi connectivity index (χ2n) is 2.33. The number of halogens is 3. The molecule has 0 aliphatic heterocycles. The molecule has 1 rings (SSSR count). The number of pyridine rings is 1. The molecule has 5 heteroatoms. The highest BCUT2D eigenvalue weighted by Gasteiger charge is 2.02. The first-order valence-corrected chi connectivity index (χ1v) is 6.84. The van der Waals surface area contributed by atoms with Crippen molar-refractivity contribution in [3.05, 3.63) is 21.2 Å². The van der Waals surface area contributed by atoms with Crippen LogP contribution in [-0.4, -0.2) is 16.6 Å². The average Bonchev–Trinajstić information content (AvgIpc) is 2.09. The smallest absolute Gasteiger partial charge is 0.110 e. The van der Waals surface area contributed by atoms with Gasteiger partial charge in [0.25, 0.3) is 0 Å². The molecular formula is C8H8Br2ClNS. The number of nitrogens with zero attached hydrogens (tertiary/aromatic N) is 1. The molecule has 0 atom stereocenters. The van der Waals surface area contributed by atoms with E-state index in [0.717, 1.165) is 26.1 Å². The van der Waals surface area contributed by atoms with E-state index in [4.69, 9.17) is 11.6 Å². The van der Waals surface area contributed by atoms with Crippen LogP contribution in [0.25, 0.3) is 0 Å². The fourth-order valence-corrected chi connectivity index (χ4v) is 3.16. The first-order chi connectivity index (χ1) is 6.24. The number of aromatic nitrogens is 1. The largest absolute Gasteiger partial charge is 0.248 e. The highest BCUT2D eigenvalue weighted by Crippen LogP contribution is 2.27. The second kappa shape index (κ2) is 6.27. The van der Waals surface area contributed by atoms with E-state index in [1.807, 2.05) is 6.07 Å². The number of hydrogen-bond acceptors (Lipinski definition) is 2. The third kappa shape index (κ3) is 4.19. The summed E-state index contributed by atoms with van der Waals surface area (Å²) in [6, 6.07) is 2.00. The Bertz CT molecular complexity index is 283. The average molecular weight is 345 g/mol. The second-order valence-corrected chi connectivity index (χ2v) is 5.56. The number of alkyl halides is 1. The molecule has 0 radical (unpaired) electrons. The van der Waals surface area contributed by atoms with Crippen LogP contribution in [0.3, 0.4) is 0 Å². The summed E-state index contributed by atoms with van der Waals surface area (Å²) >= 11 is 14.1. The highest BCUT2D eigenvalue weighted by atomic mass is 79.9. The third-order valence-electron chi connectivity index (χ3n) is 1.29. The van der Waals surface area contributed by atoms with Crippen molar-refractivity contribution in [3.8, 4) is 0 Å². The van der Waals surface area contributed by atoms with Crippen LogP contribution < -0.4 is 0 Å². The van der Waals surface area contributed by atoms with Crippen molar-refractivity contribution in [2.45, 2.75) is 11.4 Å². The van der Waals surface area contributed by atoms with Crippen LogP contribution in [0.4, 0.5) is 0 Å². The Morgan fingerprint density at radius 1 is 1.46 bits per heavy atom. The Morgan fingerprint density at radius 2 is 2.23 bits per heavy atom. The lowest BCUT2D eigenvalue weighted by molar-refractivity contribution is 1.07. The fraction of sp³-hybridized carbons (Fsp3) is 0.375. The van der Waals surface area contributed by atoms with Crippen LogP contribution in [-0.2, 0) is 0 Å². The first kappa shape index (κ1) is 11.8. The predicted molar refractivity (Wildman–Crippen MR) is 65.7 cm³/mol. The first-order valence-electron chi connectivity index (χ1n) is 3.74. The molecule has 0 N–H and O–H groups in total. The summed E-state index contributed by atoms with van der Waals surface area (Å²) in [4.78, 5) is 4.28. The monoisotopic (exact) mass is 343 g/mol. The molecule has 1 nitrogen and oxygen atoms in total. The van der Waals surface area contributed by atoms with Gasteiger partial charge in [0, 0.05) is 22.3 Å². The van der Waals surface area contributed by atoms with Gasteiger partial charge < -0.3 is 0 Å². The Morgan fingerprint density at radius 3 is 2.85 bits per heavy atom. The zero-order valence-corrected chi connectivity index (χ0v) is 11.5. The van der Waals surface area contributed by atoms with Crippen LogP contribution >= 0.6 is 55.2 Å². The molecule has 0 aliphatic carbocycles. The summed E-state index contributed by atoms with van der Waals surface area (Å²) in [5.74, 6) is 1.72. The van der Waals surface area contributed by atoms with Gasteiger partial charge in [-0.25, -0.2) is 4.98 Å². The fourth-order valence-electron chi connectivity index (χ4n) is 0.732. The predicted octanol–water partition coefficient (Wildman–Crippen LogP) is 4.33. The van der Waals surface area contributed by atoms with E-state index < -0.39 is 0 Å². The van der Waals surface area contributed by atoms with Crippen molar-refractivity contribution < 1.29 is 0 Å². The van der Waals surface area contributed by atoms with Gasteiger partial charge in [-0.05, 0) is 44.3 Å². The summed E-state index contributed by atoms with van der Waals surface area (Å²) < 4.78 is 2.02. The summed E-state index contributed by atoms with van der Waals surface area (Å²) in [6.45, 7) is 0. The van der Waals surface area contributed by atoms with Gasteiger partial charge in [0.05, 0.1) is 4.47 Å². The maximum absolute atomic E-state index is 5.58. The molecule has 0 aliphatic rings. The molecule has 72 valence electrons. The molecule has 1 heterocycles. The van der Waals surface area contributed by atoms with Crippen molar-refractivity contribution in [1.82, 2.24) is 4.98 Å². The van der Waals surface area contributed by atoms with Gasteiger partial charge in [0.2, 0.25) is 0 Å². The Labute approximate surface area is 104 Å². The van der Waals surface area contributed by atoms with Crippen molar-refractivity contribution in [1.29, 1.82) is 0 Å².